The number of hydrogen-bond acceptors (Lipinski definition) is 3. The zero-order chi connectivity index (χ0) is 14.3. The van der Waals surface area contributed by atoms with Gasteiger partial charge in [-0.2, -0.15) is 13.2 Å². The van der Waals surface area contributed by atoms with E-state index in [1.807, 2.05) is 0 Å². The number of rotatable bonds is 2. The van der Waals surface area contributed by atoms with Gasteiger partial charge in [-0.05, 0) is 18.8 Å². The minimum absolute atomic E-state index is 0. The summed E-state index contributed by atoms with van der Waals surface area (Å²) in [6.07, 6.45) is -2.26. The quantitative estimate of drug-likeness (QED) is 0.810. The average molecular weight is 317 g/mol. The molecule has 0 aromatic rings. The number of alkyl halides is 3. The summed E-state index contributed by atoms with van der Waals surface area (Å²) in [5, 5.41) is 9.52. The van der Waals surface area contributed by atoms with Crippen LogP contribution in [0.15, 0.2) is 0 Å². The molecule has 1 heterocycles. The number of halogens is 4. The highest BCUT2D eigenvalue weighted by atomic mass is 35.5. The summed E-state index contributed by atoms with van der Waals surface area (Å²) in [5.74, 6) is -0.269. The van der Waals surface area contributed by atoms with E-state index in [9.17, 15) is 23.1 Å². The van der Waals surface area contributed by atoms with Crippen molar-refractivity contribution in [2.45, 2.75) is 49.9 Å². The van der Waals surface area contributed by atoms with Gasteiger partial charge in [0.2, 0.25) is 5.91 Å². The van der Waals surface area contributed by atoms with Crippen LogP contribution >= 0.6 is 12.4 Å². The highest BCUT2D eigenvalue weighted by Crippen LogP contribution is 2.38. The van der Waals surface area contributed by atoms with Gasteiger partial charge in [-0.25, -0.2) is 0 Å². The molecule has 1 amide bonds. The third-order valence-electron chi connectivity index (χ3n) is 4.28. The molecule has 8 heteroatoms. The molecule has 3 N–H and O–H groups in total. The Bertz CT molecular complexity index is 367. The van der Waals surface area contributed by atoms with Gasteiger partial charge in [0.05, 0.1) is 6.54 Å². The minimum Gasteiger partial charge on any atom is -0.379 e. The van der Waals surface area contributed by atoms with Gasteiger partial charge in [-0.15, -0.1) is 12.4 Å². The highest BCUT2D eigenvalue weighted by Gasteiger charge is 2.57. The van der Waals surface area contributed by atoms with E-state index >= 15 is 0 Å². The number of nitrogens with two attached hydrogens (primary N) is 1. The van der Waals surface area contributed by atoms with Gasteiger partial charge >= 0.3 is 6.18 Å². The van der Waals surface area contributed by atoms with Gasteiger partial charge in [-0.3, -0.25) is 4.79 Å². The lowest BCUT2D eigenvalue weighted by Gasteiger charge is -2.26. The van der Waals surface area contributed by atoms with Crippen LogP contribution in [0.2, 0.25) is 0 Å². The summed E-state index contributed by atoms with van der Waals surface area (Å²) in [4.78, 5) is 13.1. The average Bonchev–Trinajstić information content (AvgIpc) is 2.86. The number of β-amino-alcohol motifs (C(OH)–C–C–N with tert-alkyl or cyclic N) is 1. The van der Waals surface area contributed by atoms with Gasteiger partial charge in [0.15, 0.2) is 5.60 Å². The van der Waals surface area contributed by atoms with E-state index in [-0.39, 0.29) is 43.2 Å². The predicted molar refractivity (Wildman–Crippen MR) is 69.4 cm³/mol. The molecular formula is C12H20ClF3N2O2. The first kappa shape index (κ1) is 17.5. The lowest BCUT2D eigenvalue weighted by atomic mass is 9.99. The molecule has 118 valence electrons. The first-order valence-electron chi connectivity index (χ1n) is 6.55. The zero-order valence-electron chi connectivity index (χ0n) is 11.0. The second-order valence-electron chi connectivity index (χ2n) is 5.65. The Hall–Kier alpha value is -0.530. The van der Waals surface area contributed by atoms with E-state index in [1.54, 1.807) is 0 Å². The summed E-state index contributed by atoms with van der Waals surface area (Å²) in [6.45, 7) is -0.700. The van der Waals surface area contributed by atoms with Crippen LogP contribution in [0.3, 0.4) is 0 Å². The van der Waals surface area contributed by atoms with Crippen molar-refractivity contribution in [1.82, 2.24) is 4.90 Å². The molecule has 1 aliphatic carbocycles. The summed E-state index contributed by atoms with van der Waals surface area (Å²) in [6, 6.07) is -0.0342. The molecule has 2 rings (SSSR count). The fraction of sp³-hybridized carbons (Fsp3) is 0.917. The van der Waals surface area contributed by atoms with Crippen molar-refractivity contribution in [2.75, 3.05) is 13.1 Å². The normalized spacial score (nSPS) is 34.1. The van der Waals surface area contributed by atoms with Crippen molar-refractivity contribution in [3.05, 3.63) is 0 Å². The maximum Gasteiger partial charge on any atom is 0.419 e. The number of carbonyl (C=O) groups excluding carboxylic acids is 1. The lowest BCUT2D eigenvalue weighted by molar-refractivity contribution is -0.253. The molecule has 0 bridgehead atoms. The standard InChI is InChI=1S/C12H19F3N2O2.ClH/c13-12(14,15)11(19)4-5-17(7-11)10(18)6-8-2-1-3-9(8)16;/h8-9,19H,1-7,16H2;1H/t8-,9+,11?;/m0./s1. The van der Waals surface area contributed by atoms with Crippen molar-refractivity contribution in [3.8, 4) is 0 Å². The Morgan fingerprint density at radius 1 is 1.40 bits per heavy atom. The summed E-state index contributed by atoms with van der Waals surface area (Å²) < 4.78 is 37.9. The molecule has 1 aliphatic heterocycles. The molecule has 0 spiro atoms. The van der Waals surface area contributed by atoms with Crippen LogP contribution in [0.25, 0.3) is 0 Å². The van der Waals surface area contributed by atoms with E-state index < -0.39 is 24.7 Å². The second kappa shape index (κ2) is 6.07. The van der Waals surface area contributed by atoms with Gasteiger partial charge < -0.3 is 15.7 Å². The van der Waals surface area contributed by atoms with Gasteiger partial charge in [0.25, 0.3) is 0 Å². The number of hydrogen-bond donors (Lipinski definition) is 2. The number of carbonyl (C=O) groups is 1. The highest BCUT2D eigenvalue weighted by molar-refractivity contribution is 5.85. The topological polar surface area (TPSA) is 66.6 Å². The molecular weight excluding hydrogens is 297 g/mol. The Morgan fingerprint density at radius 3 is 2.50 bits per heavy atom. The van der Waals surface area contributed by atoms with E-state index in [0.717, 1.165) is 24.2 Å². The summed E-state index contributed by atoms with van der Waals surface area (Å²) in [7, 11) is 0. The first-order chi connectivity index (χ1) is 8.73. The van der Waals surface area contributed by atoms with E-state index in [1.165, 1.54) is 0 Å². The minimum atomic E-state index is -4.69. The Kier molecular flexibility index (Phi) is 5.32. The third kappa shape index (κ3) is 3.38. The van der Waals surface area contributed by atoms with E-state index in [2.05, 4.69) is 0 Å². The van der Waals surface area contributed by atoms with Crippen LogP contribution in [0.1, 0.15) is 32.1 Å². The smallest absolute Gasteiger partial charge is 0.379 e. The molecule has 0 radical (unpaired) electrons. The number of aliphatic hydroxyl groups is 1. The van der Waals surface area contributed by atoms with Crippen molar-refractivity contribution in [2.24, 2.45) is 11.7 Å². The molecule has 4 nitrogen and oxygen atoms in total. The fourth-order valence-electron chi connectivity index (χ4n) is 2.91. The van der Waals surface area contributed by atoms with Gasteiger partial charge in [0.1, 0.15) is 0 Å². The molecule has 20 heavy (non-hydrogen) atoms. The van der Waals surface area contributed by atoms with Crippen LogP contribution in [0.5, 0.6) is 0 Å². The van der Waals surface area contributed by atoms with Crippen LogP contribution in [0, 0.1) is 5.92 Å². The molecule has 1 saturated heterocycles. The van der Waals surface area contributed by atoms with Gasteiger partial charge in [0, 0.05) is 25.4 Å². The van der Waals surface area contributed by atoms with Crippen LogP contribution in [0.4, 0.5) is 13.2 Å². The maximum atomic E-state index is 12.6. The molecule has 2 fully saturated rings. The molecule has 2 aliphatic rings. The van der Waals surface area contributed by atoms with Crippen molar-refractivity contribution in [3.63, 3.8) is 0 Å². The van der Waals surface area contributed by atoms with Crippen LogP contribution < -0.4 is 5.73 Å². The molecule has 0 aromatic carbocycles. The van der Waals surface area contributed by atoms with Crippen molar-refractivity contribution >= 4 is 18.3 Å². The fourth-order valence-corrected chi connectivity index (χ4v) is 2.91. The predicted octanol–water partition coefficient (Wildman–Crippen LogP) is 1.45. The third-order valence-corrected chi connectivity index (χ3v) is 4.28. The van der Waals surface area contributed by atoms with Crippen LogP contribution in [-0.4, -0.2) is 46.8 Å². The van der Waals surface area contributed by atoms with Crippen LogP contribution in [-0.2, 0) is 4.79 Å². The lowest BCUT2D eigenvalue weighted by Crippen LogP contribution is -2.48. The Labute approximate surface area is 121 Å². The van der Waals surface area contributed by atoms with Crippen molar-refractivity contribution < 1.29 is 23.1 Å². The monoisotopic (exact) mass is 316 g/mol. The van der Waals surface area contributed by atoms with E-state index in [0.29, 0.717) is 0 Å². The molecule has 0 aromatic heterocycles. The number of amides is 1. The Morgan fingerprint density at radius 2 is 2.05 bits per heavy atom. The molecule has 3 atom stereocenters. The second-order valence-corrected chi connectivity index (χ2v) is 5.65. The molecule has 1 unspecified atom stereocenters. The number of nitrogens with zero attached hydrogens (tertiary/aromatic N) is 1. The van der Waals surface area contributed by atoms with Gasteiger partial charge in [-0.1, -0.05) is 6.42 Å². The summed E-state index contributed by atoms with van der Waals surface area (Å²) in [5.41, 5.74) is 3.10. The first-order valence-corrected chi connectivity index (χ1v) is 6.55. The SMILES string of the molecule is Cl.N[C@@H]1CCC[C@H]1CC(=O)N1CCC(O)(C(F)(F)F)C1. The van der Waals surface area contributed by atoms with E-state index in [4.69, 9.17) is 5.73 Å². The zero-order valence-corrected chi connectivity index (χ0v) is 11.8. The van der Waals surface area contributed by atoms with Crippen molar-refractivity contribution in [1.29, 1.82) is 0 Å². The number of likely N-dealkylation sites (tertiary alicyclic amines) is 1. The summed E-state index contributed by atoms with van der Waals surface area (Å²) >= 11 is 0. The molecule has 1 saturated carbocycles. The Balaban J connectivity index is 0.00000200. The largest absolute Gasteiger partial charge is 0.419 e. The maximum absolute atomic E-state index is 12.6.